The van der Waals surface area contributed by atoms with Crippen molar-refractivity contribution in [2.75, 3.05) is 13.3 Å². The monoisotopic (exact) mass is 207 g/mol. The van der Waals surface area contributed by atoms with Crippen LogP contribution in [-0.4, -0.2) is 20.8 Å². The van der Waals surface area contributed by atoms with Crippen molar-refractivity contribution in [3.05, 3.63) is 30.3 Å². The molecule has 0 saturated heterocycles. The van der Waals surface area contributed by atoms with Crippen LogP contribution in [0.15, 0.2) is 30.3 Å². The van der Waals surface area contributed by atoms with Gasteiger partial charge in [0.05, 0.1) is 12.4 Å². The summed E-state index contributed by atoms with van der Waals surface area (Å²) in [4.78, 5) is 0. The minimum absolute atomic E-state index is 0.976. The van der Waals surface area contributed by atoms with Crippen LogP contribution in [0.25, 0.3) is 0 Å². The van der Waals surface area contributed by atoms with Gasteiger partial charge in [0, 0.05) is 6.16 Å². The number of rotatable bonds is 5. The average molecular weight is 207 g/mol. The van der Waals surface area contributed by atoms with Gasteiger partial charge in [0.25, 0.3) is 0 Å². The standard InChI is InChI=1S/C11H17BOP/c1-3-4-10-14(12,13-2)11-8-6-5-7-9-11/h5-9H,3-4,10H2,1-2H3. The van der Waals surface area contributed by atoms with Gasteiger partial charge >= 0.3 is 0 Å². The van der Waals surface area contributed by atoms with Crippen molar-refractivity contribution in [1.82, 2.24) is 0 Å². The molecular formula is C11H17BOP. The van der Waals surface area contributed by atoms with Crippen LogP contribution in [-0.2, 0) is 4.52 Å². The molecule has 0 aromatic heterocycles. The van der Waals surface area contributed by atoms with E-state index < -0.39 is 7.37 Å². The lowest BCUT2D eigenvalue weighted by atomic mass is 10.4. The van der Waals surface area contributed by atoms with E-state index in [-0.39, 0.29) is 0 Å². The molecule has 1 aromatic carbocycles. The van der Waals surface area contributed by atoms with Gasteiger partial charge in [0.2, 0.25) is 0 Å². The zero-order valence-corrected chi connectivity index (χ0v) is 9.84. The van der Waals surface area contributed by atoms with E-state index in [1.807, 2.05) is 18.2 Å². The van der Waals surface area contributed by atoms with Crippen LogP contribution in [0.4, 0.5) is 0 Å². The van der Waals surface area contributed by atoms with Gasteiger partial charge in [-0.25, -0.2) is 0 Å². The molecule has 1 aromatic rings. The van der Waals surface area contributed by atoms with Crippen molar-refractivity contribution < 1.29 is 4.52 Å². The van der Waals surface area contributed by atoms with E-state index in [2.05, 4.69) is 19.1 Å². The fraction of sp³-hybridized carbons (Fsp3) is 0.455. The normalized spacial score (nSPS) is 15.1. The van der Waals surface area contributed by atoms with Crippen molar-refractivity contribution in [3.63, 3.8) is 0 Å². The van der Waals surface area contributed by atoms with E-state index in [4.69, 9.17) is 12.1 Å². The fourth-order valence-corrected chi connectivity index (χ4v) is 3.51. The summed E-state index contributed by atoms with van der Waals surface area (Å²) in [6, 6.07) is 10.2. The molecule has 0 aliphatic heterocycles. The minimum atomic E-state index is -1.82. The maximum Gasteiger partial charge on any atom is 0.0737 e. The number of hydrogen-bond acceptors (Lipinski definition) is 1. The van der Waals surface area contributed by atoms with Crippen LogP contribution < -0.4 is 5.30 Å². The van der Waals surface area contributed by atoms with Crippen molar-refractivity contribution in [2.45, 2.75) is 19.8 Å². The van der Waals surface area contributed by atoms with Gasteiger partial charge in [-0.15, -0.1) is 0 Å². The van der Waals surface area contributed by atoms with E-state index in [0.29, 0.717) is 0 Å². The molecule has 3 radical (unpaired) electrons. The first-order valence-corrected chi connectivity index (χ1v) is 6.97. The number of hydrogen-bond donors (Lipinski definition) is 0. The molecule has 0 amide bonds. The molecule has 0 aliphatic carbocycles. The predicted octanol–water partition coefficient (Wildman–Crippen LogP) is 2.77. The first-order chi connectivity index (χ1) is 6.73. The Hall–Kier alpha value is -0.325. The summed E-state index contributed by atoms with van der Waals surface area (Å²) in [5, 5.41) is 1.16. The topological polar surface area (TPSA) is 9.23 Å². The Labute approximate surface area is 88.7 Å². The second-order valence-corrected chi connectivity index (χ2v) is 6.31. The third kappa shape index (κ3) is 2.83. The van der Waals surface area contributed by atoms with E-state index >= 15 is 0 Å². The molecule has 0 fully saturated rings. The SMILES string of the molecule is [B-][P+](CCCC)(OC)c1ccccc1. The number of unbranched alkanes of at least 4 members (excludes halogenated alkanes) is 1. The Morgan fingerprint density at radius 2 is 1.93 bits per heavy atom. The molecule has 3 heteroatoms. The van der Waals surface area contributed by atoms with Gasteiger partial charge in [-0.2, -0.15) is 0 Å². The zero-order valence-electron chi connectivity index (χ0n) is 8.94. The third-order valence-electron chi connectivity index (χ3n) is 2.36. The van der Waals surface area contributed by atoms with Gasteiger partial charge in [-0.3, -0.25) is 12.1 Å². The molecule has 1 rings (SSSR count). The maximum atomic E-state index is 6.29. The average Bonchev–Trinajstić information content (AvgIpc) is 2.27. The second kappa shape index (κ2) is 5.53. The largest absolute Gasteiger partial charge is 0.292 e. The van der Waals surface area contributed by atoms with Crippen LogP contribution in [0.2, 0.25) is 0 Å². The van der Waals surface area contributed by atoms with Crippen molar-refractivity contribution in [3.8, 4) is 0 Å². The predicted molar refractivity (Wildman–Crippen MR) is 65.5 cm³/mol. The zero-order chi connectivity index (χ0) is 10.4. The maximum absolute atomic E-state index is 6.29. The van der Waals surface area contributed by atoms with Crippen LogP contribution >= 0.6 is 7.37 Å². The Morgan fingerprint density at radius 1 is 1.29 bits per heavy atom. The van der Waals surface area contributed by atoms with E-state index in [0.717, 1.165) is 24.3 Å². The first-order valence-electron chi connectivity index (χ1n) is 5.01. The van der Waals surface area contributed by atoms with Crippen LogP contribution in [0.3, 0.4) is 0 Å². The fourth-order valence-electron chi connectivity index (χ4n) is 1.40. The molecule has 0 saturated carbocycles. The van der Waals surface area contributed by atoms with E-state index in [1.54, 1.807) is 7.11 Å². The molecule has 0 spiro atoms. The van der Waals surface area contributed by atoms with Gasteiger partial charge in [-0.1, -0.05) is 38.9 Å². The highest BCUT2D eigenvalue weighted by Gasteiger charge is 2.20. The molecule has 1 nitrogen and oxygen atoms in total. The van der Waals surface area contributed by atoms with Gasteiger partial charge < -0.3 is 0 Å². The van der Waals surface area contributed by atoms with Gasteiger partial charge in [0.15, 0.2) is 0 Å². The minimum Gasteiger partial charge on any atom is -0.292 e. The summed E-state index contributed by atoms with van der Waals surface area (Å²) in [7, 11) is 6.19. The Bertz CT molecular complexity index is 265. The molecule has 1 atom stereocenters. The molecule has 0 N–H and O–H groups in total. The second-order valence-electron chi connectivity index (χ2n) is 3.39. The lowest BCUT2D eigenvalue weighted by Gasteiger charge is -2.33. The summed E-state index contributed by atoms with van der Waals surface area (Å²) >= 11 is 0. The molecule has 14 heavy (non-hydrogen) atoms. The summed E-state index contributed by atoms with van der Waals surface area (Å²) in [6.07, 6.45) is 3.27. The first kappa shape index (κ1) is 11.7. The van der Waals surface area contributed by atoms with E-state index in [9.17, 15) is 0 Å². The lowest BCUT2D eigenvalue weighted by molar-refractivity contribution is 0.461. The van der Waals surface area contributed by atoms with Crippen molar-refractivity contribution in [1.29, 1.82) is 0 Å². The highest BCUT2D eigenvalue weighted by molar-refractivity contribution is 7.99. The summed E-state index contributed by atoms with van der Waals surface area (Å²) < 4.78 is 5.51. The molecule has 0 bridgehead atoms. The highest BCUT2D eigenvalue weighted by Crippen LogP contribution is 2.53. The van der Waals surface area contributed by atoms with Crippen LogP contribution in [0.1, 0.15) is 19.8 Å². The third-order valence-corrected chi connectivity index (χ3v) is 5.17. The number of benzene rings is 1. The van der Waals surface area contributed by atoms with Crippen molar-refractivity contribution in [2.24, 2.45) is 0 Å². The van der Waals surface area contributed by atoms with Crippen LogP contribution in [0, 0.1) is 0 Å². The van der Waals surface area contributed by atoms with Crippen LogP contribution in [0.5, 0.6) is 0 Å². The summed E-state index contributed by atoms with van der Waals surface area (Å²) in [5.41, 5.74) is 0. The molecular weight excluding hydrogens is 190 g/mol. The summed E-state index contributed by atoms with van der Waals surface area (Å²) in [5.74, 6) is 0. The Balaban J connectivity index is 2.79. The van der Waals surface area contributed by atoms with Gasteiger partial charge in [-0.05, 0) is 18.6 Å². The lowest BCUT2D eigenvalue weighted by Crippen LogP contribution is -2.15. The molecule has 1 unspecified atom stereocenters. The molecule has 0 heterocycles. The van der Waals surface area contributed by atoms with E-state index in [1.165, 1.54) is 0 Å². The Morgan fingerprint density at radius 3 is 2.43 bits per heavy atom. The summed E-state index contributed by atoms with van der Waals surface area (Å²) in [6.45, 7) is 2.17. The Kier molecular flexibility index (Phi) is 4.64. The molecule has 0 aliphatic rings. The smallest absolute Gasteiger partial charge is 0.0737 e. The van der Waals surface area contributed by atoms with Gasteiger partial charge in [0.1, 0.15) is 0 Å². The highest BCUT2D eigenvalue weighted by atomic mass is 31.2. The van der Waals surface area contributed by atoms with Crippen molar-refractivity contribution >= 4 is 20.2 Å². The quantitative estimate of drug-likeness (QED) is 0.532. The molecule has 75 valence electrons.